The number of Topliss-reactive ketones (excluding diaryl/α,β-unsaturated/α-hetero) is 1. The van der Waals surface area contributed by atoms with Gasteiger partial charge in [-0.1, -0.05) is 26.8 Å². The van der Waals surface area contributed by atoms with Gasteiger partial charge in [-0.05, 0) is 80.5 Å². The molecule has 2 amide bonds. The van der Waals surface area contributed by atoms with E-state index in [0.717, 1.165) is 40.7 Å². The standard InChI is InChI=1S/C34H45N5O6S/c1-7-21-15-34(21,32(42)38-46(43,44)23-10-11-23)16-27(40)26-14-22(17-39(26)31(41)28(35)33(4,5)6)45-30-24-12-18(2)19(3)13-25(24)36-29(37-30)20-8-9-20/h7,12-13,20-23,26,28H,1,8-11,14-17,35H2,2-6H3,(H,38,42)/t21-,22-,26?,28-,34-/m1/s1. The largest absolute Gasteiger partial charge is 0.472 e. The van der Waals surface area contributed by atoms with Crippen LogP contribution < -0.4 is 15.2 Å². The molecule has 5 atom stereocenters. The monoisotopic (exact) mass is 651 g/mol. The SMILES string of the molecule is C=C[C@@H]1C[C@]1(CC(=O)C1C[C@@H](Oc2nc(C3CC3)nc3cc(C)c(C)cc23)CN1C(=O)[C@@H](N)C(C)(C)C)C(=O)NS(=O)(=O)C1CC1. The summed E-state index contributed by atoms with van der Waals surface area (Å²) >= 11 is 0. The van der Waals surface area contributed by atoms with Gasteiger partial charge in [0.1, 0.15) is 11.9 Å². The van der Waals surface area contributed by atoms with E-state index in [2.05, 4.69) is 11.3 Å². The Morgan fingerprint density at radius 2 is 1.83 bits per heavy atom. The topological polar surface area (TPSA) is 162 Å². The number of nitrogens with zero attached hydrogens (tertiary/aromatic N) is 3. The third kappa shape index (κ3) is 6.17. The van der Waals surface area contributed by atoms with Gasteiger partial charge in [-0.2, -0.15) is 4.98 Å². The van der Waals surface area contributed by atoms with Crippen molar-refractivity contribution in [2.45, 2.75) is 109 Å². The van der Waals surface area contributed by atoms with Gasteiger partial charge in [0.2, 0.25) is 27.7 Å². The summed E-state index contributed by atoms with van der Waals surface area (Å²) in [5.74, 6) is -0.287. The molecule has 11 nitrogen and oxygen atoms in total. The maximum absolute atomic E-state index is 14.1. The van der Waals surface area contributed by atoms with Gasteiger partial charge in [0.15, 0.2) is 5.78 Å². The van der Waals surface area contributed by atoms with E-state index in [-0.39, 0.29) is 42.9 Å². The molecule has 3 aliphatic carbocycles. The Labute approximate surface area is 270 Å². The number of likely N-dealkylation sites (tertiary alicyclic amines) is 1. The van der Waals surface area contributed by atoms with Crippen molar-refractivity contribution < 1.29 is 27.5 Å². The number of nitrogens with one attached hydrogen (secondary N) is 1. The summed E-state index contributed by atoms with van der Waals surface area (Å²) < 4.78 is 34.0. The van der Waals surface area contributed by atoms with Crippen LogP contribution in [0.2, 0.25) is 0 Å². The van der Waals surface area contributed by atoms with Gasteiger partial charge >= 0.3 is 0 Å². The molecule has 2 heterocycles. The summed E-state index contributed by atoms with van der Waals surface area (Å²) in [7, 11) is -3.80. The third-order valence-corrected chi connectivity index (χ3v) is 12.0. The number of hydrogen-bond donors (Lipinski definition) is 2. The highest BCUT2D eigenvalue weighted by molar-refractivity contribution is 7.90. The minimum Gasteiger partial charge on any atom is -0.472 e. The lowest BCUT2D eigenvalue weighted by molar-refractivity contribution is -0.141. The lowest BCUT2D eigenvalue weighted by atomic mass is 9.86. The Kier molecular flexibility index (Phi) is 8.07. The van der Waals surface area contributed by atoms with Crippen LogP contribution in [0.1, 0.15) is 88.6 Å². The molecule has 1 saturated heterocycles. The second kappa shape index (κ2) is 11.4. The van der Waals surface area contributed by atoms with Crippen molar-refractivity contribution in [1.82, 2.24) is 19.6 Å². The van der Waals surface area contributed by atoms with E-state index < -0.39 is 50.2 Å². The van der Waals surface area contributed by atoms with E-state index in [1.54, 1.807) is 6.08 Å². The number of hydrogen-bond acceptors (Lipinski definition) is 9. The number of ketones is 1. The summed E-state index contributed by atoms with van der Waals surface area (Å²) in [5.41, 5.74) is 7.61. The van der Waals surface area contributed by atoms with Crippen LogP contribution in [0.15, 0.2) is 24.8 Å². The van der Waals surface area contributed by atoms with Crippen LogP contribution in [0.4, 0.5) is 0 Å². The number of fused-ring (bicyclic) bond motifs is 1. The lowest BCUT2D eigenvalue weighted by Crippen LogP contribution is -2.53. The van der Waals surface area contributed by atoms with Crippen LogP contribution in [-0.2, 0) is 24.4 Å². The van der Waals surface area contributed by atoms with E-state index in [4.69, 9.17) is 20.4 Å². The molecule has 248 valence electrons. The van der Waals surface area contributed by atoms with Gasteiger partial charge in [-0.25, -0.2) is 13.4 Å². The minimum absolute atomic E-state index is 0.119. The average Bonchev–Trinajstić information content (AvgIpc) is 3.86. The molecule has 3 N–H and O–H groups in total. The molecule has 6 rings (SSSR count). The summed E-state index contributed by atoms with van der Waals surface area (Å²) in [5, 5.41) is 0.196. The number of nitrogens with two attached hydrogens (primary N) is 1. The van der Waals surface area contributed by atoms with E-state index in [9.17, 15) is 22.8 Å². The van der Waals surface area contributed by atoms with Crippen molar-refractivity contribution in [3.63, 3.8) is 0 Å². The summed E-state index contributed by atoms with van der Waals surface area (Å²) in [6, 6.07) is 2.26. The highest BCUT2D eigenvalue weighted by Crippen LogP contribution is 2.57. The molecule has 3 saturated carbocycles. The molecule has 1 unspecified atom stereocenters. The zero-order chi connectivity index (χ0) is 33.3. The van der Waals surface area contributed by atoms with E-state index in [1.807, 2.05) is 46.8 Å². The lowest BCUT2D eigenvalue weighted by Gasteiger charge is -2.32. The van der Waals surface area contributed by atoms with Gasteiger partial charge in [-0.3, -0.25) is 19.1 Å². The second-order valence-electron chi connectivity index (χ2n) is 15.0. The van der Waals surface area contributed by atoms with Gasteiger partial charge in [-0.15, -0.1) is 6.58 Å². The van der Waals surface area contributed by atoms with Crippen LogP contribution in [0.25, 0.3) is 10.9 Å². The quantitative estimate of drug-likeness (QED) is 0.346. The highest BCUT2D eigenvalue weighted by atomic mass is 32.2. The molecule has 0 spiro atoms. The minimum atomic E-state index is -3.80. The summed E-state index contributed by atoms with van der Waals surface area (Å²) in [6.45, 7) is 13.6. The number of allylic oxidation sites excluding steroid dienone is 1. The number of carbonyl (C=O) groups is 3. The first-order chi connectivity index (χ1) is 21.5. The molecule has 0 radical (unpaired) electrons. The molecular formula is C34H45N5O6S. The zero-order valence-electron chi connectivity index (χ0n) is 27.3. The number of sulfonamides is 1. The average molecular weight is 652 g/mol. The Balaban J connectivity index is 1.28. The second-order valence-corrected chi connectivity index (χ2v) is 16.9. The summed E-state index contributed by atoms with van der Waals surface area (Å²) in [4.78, 5) is 52.5. The number of amides is 2. The molecule has 1 aromatic carbocycles. The van der Waals surface area contributed by atoms with Crippen LogP contribution >= 0.6 is 0 Å². The van der Waals surface area contributed by atoms with Gasteiger partial charge < -0.3 is 15.4 Å². The fourth-order valence-corrected chi connectivity index (χ4v) is 7.82. The highest BCUT2D eigenvalue weighted by Gasteiger charge is 2.61. The molecule has 46 heavy (non-hydrogen) atoms. The molecule has 4 aliphatic rings. The maximum atomic E-state index is 14.1. The number of benzene rings is 1. The van der Waals surface area contributed by atoms with E-state index in [0.29, 0.717) is 25.1 Å². The van der Waals surface area contributed by atoms with Crippen LogP contribution in [0, 0.1) is 30.6 Å². The Hall–Kier alpha value is -3.38. The van der Waals surface area contributed by atoms with Crippen molar-refractivity contribution in [2.75, 3.05) is 6.54 Å². The first-order valence-corrected chi connectivity index (χ1v) is 17.8. The predicted molar refractivity (Wildman–Crippen MR) is 173 cm³/mol. The molecular weight excluding hydrogens is 606 g/mol. The third-order valence-electron chi connectivity index (χ3n) is 10.2. The fraction of sp³-hybridized carbons (Fsp3) is 0.618. The van der Waals surface area contributed by atoms with Crippen molar-refractivity contribution >= 4 is 38.5 Å². The van der Waals surface area contributed by atoms with Gasteiger partial charge in [0, 0.05) is 18.8 Å². The number of ether oxygens (including phenoxy) is 1. The van der Waals surface area contributed by atoms with E-state index >= 15 is 0 Å². The smallest absolute Gasteiger partial charge is 0.240 e. The van der Waals surface area contributed by atoms with Crippen molar-refractivity contribution in [1.29, 1.82) is 0 Å². The first kappa shape index (κ1) is 32.6. The number of rotatable bonds is 11. The van der Waals surface area contributed by atoms with Crippen molar-refractivity contribution in [2.24, 2.45) is 22.5 Å². The normalized spacial score (nSPS) is 26.9. The Bertz CT molecular complexity index is 1730. The molecule has 1 aromatic heterocycles. The van der Waals surface area contributed by atoms with Gasteiger partial charge in [0.25, 0.3) is 0 Å². The van der Waals surface area contributed by atoms with Crippen molar-refractivity contribution in [3.8, 4) is 5.88 Å². The molecule has 2 aromatic rings. The number of aryl methyl sites for hydroxylation is 2. The number of aromatic nitrogens is 2. The van der Waals surface area contributed by atoms with Crippen LogP contribution in [0.3, 0.4) is 0 Å². The van der Waals surface area contributed by atoms with Crippen LogP contribution in [-0.4, -0.2) is 70.9 Å². The van der Waals surface area contributed by atoms with Crippen LogP contribution in [0.5, 0.6) is 5.88 Å². The molecule has 12 heteroatoms. The van der Waals surface area contributed by atoms with E-state index in [1.165, 1.54) is 4.90 Å². The zero-order valence-corrected chi connectivity index (χ0v) is 28.2. The molecule has 4 fully saturated rings. The first-order valence-electron chi connectivity index (χ1n) is 16.3. The Morgan fingerprint density at radius 1 is 1.15 bits per heavy atom. The van der Waals surface area contributed by atoms with Gasteiger partial charge in [0.05, 0.1) is 40.2 Å². The molecule has 0 bridgehead atoms. The fourth-order valence-electron chi connectivity index (χ4n) is 6.44. The van der Waals surface area contributed by atoms with Crippen molar-refractivity contribution in [3.05, 3.63) is 41.7 Å². The Morgan fingerprint density at radius 3 is 2.41 bits per heavy atom. The maximum Gasteiger partial charge on any atom is 0.240 e. The summed E-state index contributed by atoms with van der Waals surface area (Å²) in [6.07, 6.45) is 4.37. The predicted octanol–water partition coefficient (Wildman–Crippen LogP) is 3.61. The molecule has 1 aliphatic heterocycles. The number of carbonyl (C=O) groups excluding carboxylic acids is 3.